The fraction of sp³-hybridized carbons (Fsp3) is 0.167. The van der Waals surface area contributed by atoms with Crippen LogP contribution in [0.4, 0.5) is 0 Å². The maximum Gasteiger partial charge on any atom is 0.269 e. The average molecular weight is 350 g/mol. The highest BCUT2D eigenvalue weighted by Crippen LogP contribution is 2.17. The number of carbonyl (C=O) groups is 2. The summed E-state index contributed by atoms with van der Waals surface area (Å²) in [6.45, 7) is 1.97. The van der Waals surface area contributed by atoms with Gasteiger partial charge in [-0.2, -0.15) is 0 Å². The van der Waals surface area contributed by atoms with Gasteiger partial charge in [-0.25, -0.2) is 4.68 Å². The Balaban J connectivity index is 1.51. The highest BCUT2D eigenvalue weighted by Gasteiger charge is 2.12. The van der Waals surface area contributed by atoms with E-state index in [0.29, 0.717) is 5.56 Å². The minimum atomic E-state index is -0.394. The second-order valence-electron chi connectivity index (χ2n) is 5.82. The van der Waals surface area contributed by atoms with Crippen LogP contribution in [0, 0.1) is 0 Å². The van der Waals surface area contributed by atoms with E-state index in [0.717, 1.165) is 11.3 Å². The Morgan fingerprint density at radius 1 is 1.04 bits per heavy atom. The Kier molecular flexibility index (Phi) is 5.33. The van der Waals surface area contributed by atoms with E-state index in [1.807, 2.05) is 37.3 Å². The molecule has 132 valence electrons. The first-order valence-electron chi connectivity index (χ1n) is 8.11. The molecule has 8 heteroatoms. The summed E-state index contributed by atoms with van der Waals surface area (Å²) in [4.78, 5) is 24.2. The molecule has 0 bridgehead atoms. The van der Waals surface area contributed by atoms with Crippen LogP contribution in [0.1, 0.15) is 35.2 Å². The number of amides is 2. The van der Waals surface area contributed by atoms with Crippen molar-refractivity contribution in [3.05, 3.63) is 72.1 Å². The molecule has 0 spiro atoms. The fourth-order valence-electron chi connectivity index (χ4n) is 2.47. The largest absolute Gasteiger partial charge is 0.273 e. The summed E-state index contributed by atoms with van der Waals surface area (Å²) >= 11 is 0. The molecule has 2 N–H and O–H groups in total. The Labute approximate surface area is 150 Å². The molecule has 2 amide bonds. The van der Waals surface area contributed by atoms with E-state index in [9.17, 15) is 9.59 Å². The van der Waals surface area contributed by atoms with E-state index in [2.05, 4.69) is 26.4 Å². The van der Waals surface area contributed by atoms with Crippen LogP contribution in [-0.2, 0) is 4.79 Å². The van der Waals surface area contributed by atoms with Crippen molar-refractivity contribution in [3.63, 3.8) is 0 Å². The van der Waals surface area contributed by atoms with E-state index in [-0.39, 0.29) is 18.2 Å². The molecule has 0 aliphatic heterocycles. The number of nitrogens with one attached hydrogen (secondary N) is 2. The molecular formula is C18H18N6O2. The minimum Gasteiger partial charge on any atom is -0.273 e. The van der Waals surface area contributed by atoms with E-state index in [1.165, 1.54) is 11.0 Å². The van der Waals surface area contributed by atoms with Crippen molar-refractivity contribution >= 4 is 11.8 Å². The minimum absolute atomic E-state index is 0.0590. The topological polar surface area (TPSA) is 102 Å². The molecule has 3 aromatic rings. The summed E-state index contributed by atoms with van der Waals surface area (Å²) in [5.41, 5.74) is 7.09. The third kappa shape index (κ3) is 4.29. The lowest BCUT2D eigenvalue weighted by Gasteiger charge is -2.12. The van der Waals surface area contributed by atoms with Gasteiger partial charge in [-0.15, -0.1) is 5.10 Å². The van der Waals surface area contributed by atoms with Crippen LogP contribution in [0.3, 0.4) is 0 Å². The van der Waals surface area contributed by atoms with Gasteiger partial charge in [-0.1, -0.05) is 37.3 Å². The quantitative estimate of drug-likeness (QED) is 0.681. The monoisotopic (exact) mass is 350 g/mol. The first-order valence-corrected chi connectivity index (χ1v) is 8.11. The Morgan fingerprint density at radius 3 is 2.42 bits per heavy atom. The van der Waals surface area contributed by atoms with Crippen molar-refractivity contribution in [3.8, 4) is 5.69 Å². The van der Waals surface area contributed by atoms with Crippen LogP contribution in [-0.4, -0.2) is 32.0 Å². The van der Waals surface area contributed by atoms with Gasteiger partial charge in [0.2, 0.25) is 5.91 Å². The maximum absolute atomic E-state index is 12.1. The Hall–Kier alpha value is -3.55. The normalized spacial score (nSPS) is 11.6. The van der Waals surface area contributed by atoms with Gasteiger partial charge >= 0.3 is 0 Å². The predicted octanol–water partition coefficient (Wildman–Crippen LogP) is 1.62. The molecule has 0 saturated carbocycles. The number of hydrogen-bond acceptors (Lipinski definition) is 5. The molecule has 0 radical (unpaired) electrons. The molecule has 1 atom stereocenters. The third-order valence-electron chi connectivity index (χ3n) is 3.92. The zero-order valence-electron chi connectivity index (χ0n) is 14.2. The molecule has 0 saturated heterocycles. The number of hydrazine groups is 1. The lowest BCUT2D eigenvalue weighted by atomic mass is 9.98. The number of rotatable bonds is 5. The molecule has 8 nitrogen and oxygen atoms in total. The van der Waals surface area contributed by atoms with Crippen molar-refractivity contribution in [2.75, 3.05) is 0 Å². The van der Waals surface area contributed by atoms with Crippen LogP contribution in [0.15, 0.2) is 60.9 Å². The molecule has 1 heterocycles. The number of tetrazole rings is 1. The van der Waals surface area contributed by atoms with E-state index < -0.39 is 5.91 Å². The van der Waals surface area contributed by atoms with Gasteiger partial charge in [0.05, 0.1) is 5.69 Å². The summed E-state index contributed by atoms with van der Waals surface area (Å²) in [5, 5.41) is 10.9. The molecule has 0 fully saturated rings. The van der Waals surface area contributed by atoms with E-state index in [4.69, 9.17) is 0 Å². The van der Waals surface area contributed by atoms with Crippen LogP contribution in [0.25, 0.3) is 5.69 Å². The maximum atomic E-state index is 12.1. The summed E-state index contributed by atoms with van der Waals surface area (Å²) in [6.07, 6.45) is 1.74. The highest BCUT2D eigenvalue weighted by atomic mass is 16.2. The molecule has 1 aromatic heterocycles. The first kappa shape index (κ1) is 17.3. The van der Waals surface area contributed by atoms with Crippen LogP contribution in [0.5, 0.6) is 0 Å². The van der Waals surface area contributed by atoms with Gasteiger partial charge in [-0.3, -0.25) is 20.4 Å². The molecule has 26 heavy (non-hydrogen) atoms. The van der Waals surface area contributed by atoms with Crippen molar-refractivity contribution in [1.29, 1.82) is 0 Å². The number of benzene rings is 2. The molecule has 3 rings (SSSR count). The fourth-order valence-corrected chi connectivity index (χ4v) is 2.47. The zero-order chi connectivity index (χ0) is 18.4. The zero-order valence-corrected chi connectivity index (χ0v) is 14.2. The molecule has 1 unspecified atom stereocenters. The third-order valence-corrected chi connectivity index (χ3v) is 3.92. The van der Waals surface area contributed by atoms with Gasteiger partial charge in [0.25, 0.3) is 5.91 Å². The van der Waals surface area contributed by atoms with Crippen LogP contribution >= 0.6 is 0 Å². The van der Waals surface area contributed by atoms with Crippen LogP contribution < -0.4 is 10.9 Å². The van der Waals surface area contributed by atoms with Gasteiger partial charge in [0.1, 0.15) is 6.33 Å². The van der Waals surface area contributed by atoms with Crippen molar-refractivity contribution in [2.24, 2.45) is 0 Å². The summed E-state index contributed by atoms with van der Waals surface area (Å²) in [6, 6.07) is 16.4. The van der Waals surface area contributed by atoms with Crippen molar-refractivity contribution in [1.82, 2.24) is 31.1 Å². The van der Waals surface area contributed by atoms with Gasteiger partial charge in [0.15, 0.2) is 0 Å². The Bertz CT molecular complexity index is 862. The lowest BCUT2D eigenvalue weighted by Crippen LogP contribution is -2.42. The first-order chi connectivity index (χ1) is 12.6. The predicted molar refractivity (Wildman–Crippen MR) is 94.2 cm³/mol. The summed E-state index contributed by atoms with van der Waals surface area (Å²) in [5.74, 6) is -0.585. The SMILES string of the molecule is CC(CC(=O)NNC(=O)c1ccc(-n2cnnn2)cc1)c1ccccc1. The molecule has 0 aliphatic rings. The van der Waals surface area contributed by atoms with Gasteiger partial charge in [0, 0.05) is 12.0 Å². The van der Waals surface area contributed by atoms with Gasteiger partial charge in [-0.05, 0) is 46.2 Å². The van der Waals surface area contributed by atoms with E-state index >= 15 is 0 Å². The lowest BCUT2D eigenvalue weighted by molar-refractivity contribution is -0.122. The average Bonchev–Trinajstić information content (AvgIpc) is 3.21. The molecular weight excluding hydrogens is 332 g/mol. The highest BCUT2D eigenvalue weighted by molar-refractivity contribution is 5.95. The second-order valence-corrected chi connectivity index (χ2v) is 5.82. The smallest absolute Gasteiger partial charge is 0.269 e. The number of hydrogen-bond donors (Lipinski definition) is 2. The molecule has 0 aliphatic carbocycles. The Morgan fingerprint density at radius 2 is 1.77 bits per heavy atom. The van der Waals surface area contributed by atoms with Crippen LogP contribution in [0.2, 0.25) is 0 Å². The van der Waals surface area contributed by atoms with Crippen molar-refractivity contribution in [2.45, 2.75) is 19.3 Å². The number of nitrogens with zero attached hydrogens (tertiary/aromatic N) is 4. The van der Waals surface area contributed by atoms with Gasteiger partial charge < -0.3 is 0 Å². The molecule has 2 aromatic carbocycles. The van der Waals surface area contributed by atoms with E-state index in [1.54, 1.807) is 24.3 Å². The standard InChI is InChI=1S/C18H18N6O2/c1-13(14-5-3-2-4-6-14)11-17(25)20-21-18(26)15-7-9-16(10-8-15)24-12-19-22-23-24/h2-10,12-13H,11H2,1H3,(H,20,25)(H,21,26). The number of carbonyl (C=O) groups excluding carboxylic acids is 2. The second kappa shape index (κ2) is 8.02. The van der Waals surface area contributed by atoms with Crippen molar-refractivity contribution < 1.29 is 9.59 Å². The number of aromatic nitrogens is 4. The summed E-state index contributed by atoms with van der Waals surface area (Å²) in [7, 11) is 0. The summed E-state index contributed by atoms with van der Waals surface area (Å²) < 4.78 is 1.48.